The Morgan fingerprint density at radius 3 is 2.38 bits per heavy atom. The zero-order valence-electron chi connectivity index (χ0n) is 18.6. The molecule has 1 amide bonds. The molecule has 0 heterocycles. The molecule has 1 unspecified atom stereocenters. The smallest absolute Gasteiger partial charge is 0.335 e. The van der Waals surface area contributed by atoms with E-state index in [0.717, 1.165) is 16.3 Å². The number of nitrogens with one attached hydrogen (secondary N) is 3. The Morgan fingerprint density at radius 1 is 1.00 bits per heavy atom. The number of hydrogen-bond acceptors (Lipinski definition) is 4. The third kappa shape index (κ3) is 7.21. The van der Waals surface area contributed by atoms with Gasteiger partial charge in [0.1, 0.15) is 0 Å². The first-order valence-electron chi connectivity index (χ1n) is 10.5. The van der Waals surface area contributed by atoms with Crippen LogP contribution in [0.15, 0.2) is 71.6 Å². The van der Waals surface area contributed by atoms with Gasteiger partial charge in [-0.2, -0.15) is 0 Å². The molecule has 1 atom stereocenters. The van der Waals surface area contributed by atoms with E-state index in [1.165, 1.54) is 35.5 Å². The van der Waals surface area contributed by atoms with Gasteiger partial charge in [0, 0.05) is 16.3 Å². The lowest BCUT2D eigenvalue weighted by molar-refractivity contribution is -0.115. The van der Waals surface area contributed by atoms with Gasteiger partial charge in [0.25, 0.3) is 0 Å². The fourth-order valence-electron chi connectivity index (χ4n) is 3.03. The lowest BCUT2D eigenvalue weighted by Crippen LogP contribution is -2.25. The molecular formula is C25H24ClN3O3S2. The topological polar surface area (TPSA) is 90.5 Å². The van der Waals surface area contributed by atoms with Gasteiger partial charge < -0.3 is 21.1 Å². The number of rotatable bonds is 8. The average Bonchev–Trinajstić information content (AvgIpc) is 2.80. The summed E-state index contributed by atoms with van der Waals surface area (Å²) in [6, 6.07) is 19.7. The third-order valence-electron chi connectivity index (χ3n) is 4.81. The van der Waals surface area contributed by atoms with Crippen molar-refractivity contribution >= 4 is 69.6 Å². The van der Waals surface area contributed by atoms with Gasteiger partial charge in [-0.05, 0) is 74.1 Å². The molecule has 0 saturated heterocycles. The Hall–Kier alpha value is -3.07. The van der Waals surface area contributed by atoms with E-state index in [-0.39, 0.29) is 22.2 Å². The molecule has 3 rings (SSSR count). The number of benzene rings is 3. The van der Waals surface area contributed by atoms with Crippen LogP contribution in [0.5, 0.6) is 0 Å². The van der Waals surface area contributed by atoms with Gasteiger partial charge in [0.15, 0.2) is 5.11 Å². The number of halogens is 1. The molecule has 176 valence electrons. The molecule has 6 nitrogen and oxygen atoms in total. The van der Waals surface area contributed by atoms with Crippen LogP contribution >= 0.6 is 35.6 Å². The van der Waals surface area contributed by atoms with Crippen LogP contribution in [0, 0.1) is 6.92 Å². The van der Waals surface area contributed by atoms with Crippen molar-refractivity contribution in [3.63, 3.8) is 0 Å². The zero-order valence-corrected chi connectivity index (χ0v) is 21.0. The number of carbonyl (C=O) groups excluding carboxylic acids is 1. The Kier molecular flexibility index (Phi) is 8.92. The van der Waals surface area contributed by atoms with Gasteiger partial charge in [-0.3, -0.25) is 4.79 Å². The van der Waals surface area contributed by atoms with Crippen molar-refractivity contribution in [2.45, 2.75) is 30.4 Å². The summed E-state index contributed by atoms with van der Waals surface area (Å²) < 4.78 is 0. The summed E-state index contributed by atoms with van der Waals surface area (Å²) in [5, 5.41) is 18.6. The summed E-state index contributed by atoms with van der Waals surface area (Å²) in [7, 11) is 0. The van der Waals surface area contributed by atoms with Gasteiger partial charge in [-0.15, -0.1) is 11.8 Å². The van der Waals surface area contributed by atoms with Gasteiger partial charge in [0.2, 0.25) is 5.91 Å². The maximum atomic E-state index is 12.9. The molecule has 3 aromatic rings. The quantitative estimate of drug-likeness (QED) is 0.197. The lowest BCUT2D eigenvalue weighted by Gasteiger charge is -2.17. The molecular weight excluding hydrogens is 490 g/mol. The fraction of sp³-hybridized carbons (Fsp3) is 0.160. The molecule has 3 aromatic carbocycles. The number of aromatic carboxylic acids is 1. The third-order valence-corrected chi connectivity index (χ3v) is 6.71. The van der Waals surface area contributed by atoms with Crippen LogP contribution in [0.2, 0.25) is 5.02 Å². The molecule has 9 heteroatoms. The number of carboxylic acids is 1. The zero-order chi connectivity index (χ0) is 24.7. The summed E-state index contributed by atoms with van der Waals surface area (Å²) in [4.78, 5) is 25.0. The van der Waals surface area contributed by atoms with E-state index in [0.29, 0.717) is 11.5 Å². The minimum atomic E-state index is -1.09. The number of anilines is 3. The number of hydrogen-bond donors (Lipinski definition) is 4. The average molecular weight is 514 g/mol. The van der Waals surface area contributed by atoms with E-state index in [9.17, 15) is 14.7 Å². The van der Waals surface area contributed by atoms with Crippen molar-refractivity contribution in [2.24, 2.45) is 0 Å². The van der Waals surface area contributed by atoms with Crippen molar-refractivity contribution in [3.8, 4) is 0 Å². The predicted octanol–water partition coefficient (Wildman–Crippen LogP) is 6.66. The normalized spacial score (nSPS) is 11.4. The molecule has 0 aliphatic heterocycles. The summed E-state index contributed by atoms with van der Waals surface area (Å²) in [5.41, 5.74) is 3.17. The van der Waals surface area contributed by atoms with Gasteiger partial charge in [0.05, 0.1) is 21.5 Å². The minimum Gasteiger partial charge on any atom is -0.478 e. The summed E-state index contributed by atoms with van der Waals surface area (Å²) >= 11 is 13.0. The van der Waals surface area contributed by atoms with Crippen molar-refractivity contribution in [1.82, 2.24) is 0 Å². The van der Waals surface area contributed by atoms with Crippen LogP contribution in [-0.4, -0.2) is 27.3 Å². The van der Waals surface area contributed by atoms with E-state index in [2.05, 4.69) is 16.0 Å². The Morgan fingerprint density at radius 2 is 1.71 bits per heavy atom. The van der Waals surface area contributed by atoms with Gasteiger partial charge in [-0.1, -0.05) is 42.3 Å². The highest BCUT2D eigenvalue weighted by Gasteiger charge is 2.20. The van der Waals surface area contributed by atoms with Gasteiger partial charge in [-0.25, -0.2) is 4.79 Å². The largest absolute Gasteiger partial charge is 0.478 e. The molecule has 0 aromatic heterocycles. The lowest BCUT2D eigenvalue weighted by atomic mass is 10.2. The summed E-state index contributed by atoms with van der Waals surface area (Å²) in [6.07, 6.45) is 0.567. The number of carboxylic acid groups (broad SMARTS) is 1. The first kappa shape index (κ1) is 25.6. The predicted molar refractivity (Wildman–Crippen MR) is 144 cm³/mol. The summed E-state index contributed by atoms with van der Waals surface area (Å²) in [6.45, 7) is 3.93. The highest BCUT2D eigenvalue weighted by atomic mass is 35.5. The SMILES string of the molecule is CCC(Sc1cccc(NC(=S)Nc2ccc(C)cc2)c1)C(=O)Nc1cc(C(=O)O)ccc1Cl. The van der Waals surface area contributed by atoms with Crippen molar-refractivity contribution in [3.05, 3.63) is 82.9 Å². The molecule has 0 radical (unpaired) electrons. The van der Waals surface area contributed by atoms with E-state index in [1.807, 2.05) is 62.4 Å². The van der Waals surface area contributed by atoms with Crippen LogP contribution in [0.4, 0.5) is 17.1 Å². The van der Waals surface area contributed by atoms with Crippen LogP contribution in [0.25, 0.3) is 0 Å². The number of thioether (sulfide) groups is 1. The summed E-state index contributed by atoms with van der Waals surface area (Å²) in [5.74, 6) is -1.35. The molecule has 4 N–H and O–H groups in total. The first-order chi connectivity index (χ1) is 16.2. The van der Waals surface area contributed by atoms with Crippen molar-refractivity contribution in [2.75, 3.05) is 16.0 Å². The Labute approximate surface area is 213 Å². The number of aryl methyl sites for hydroxylation is 1. The van der Waals surface area contributed by atoms with Crippen LogP contribution in [0.1, 0.15) is 29.3 Å². The maximum absolute atomic E-state index is 12.9. The second-order valence-corrected chi connectivity index (χ2v) is 9.57. The molecule has 0 aliphatic carbocycles. The molecule has 0 fully saturated rings. The number of amides is 1. The number of carbonyl (C=O) groups is 2. The molecule has 0 aliphatic rings. The van der Waals surface area contributed by atoms with E-state index in [1.54, 1.807) is 0 Å². The van der Waals surface area contributed by atoms with E-state index < -0.39 is 11.2 Å². The highest BCUT2D eigenvalue weighted by Crippen LogP contribution is 2.30. The standard InChI is InChI=1S/C25H24ClN3O3S2/c1-3-22(23(30)29-21-13-16(24(31)32)9-12-20(21)26)34-19-6-4-5-18(14-19)28-25(33)27-17-10-7-15(2)8-11-17/h4-14,22H,3H2,1-2H3,(H,29,30)(H,31,32)(H2,27,28,33). The van der Waals surface area contributed by atoms with Crippen LogP contribution < -0.4 is 16.0 Å². The van der Waals surface area contributed by atoms with Crippen molar-refractivity contribution < 1.29 is 14.7 Å². The highest BCUT2D eigenvalue weighted by molar-refractivity contribution is 8.00. The van der Waals surface area contributed by atoms with E-state index >= 15 is 0 Å². The second-order valence-electron chi connectivity index (χ2n) is 7.48. The monoisotopic (exact) mass is 513 g/mol. The first-order valence-corrected chi connectivity index (χ1v) is 12.2. The molecule has 0 spiro atoms. The van der Waals surface area contributed by atoms with Crippen LogP contribution in [0.3, 0.4) is 0 Å². The molecule has 34 heavy (non-hydrogen) atoms. The minimum absolute atomic E-state index is 0.0504. The maximum Gasteiger partial charge on any atom is 0.335 e. The van der Waals surface area contributed by atoms with Gasteiger partial charge >= 0.3 is 5.97 Å². The molecule has 0 bridgehead atoms. The molecule has 0 saturated carbocycles. The van der Waals surface area contributed by atoms with E-state index in [4.69, 9.17) is 23.8 Å². The van der Waals surface area contributed by atoms with Crippen LogP contribution in [-0.2, 0) is 4.79 Å². The number of thiocarbonyl (C=S) groups is 1. The Bertz CT molecular complexity index is 1200. The second kappa shape index (κ2) is 11.9. The fourth-order valence-corrected chi connectivity index (χ4v) is 4.45. The van der Waals surface area contributed by atoms with Crippen molar-refractivity contribution in [1.29, 1.82) is 0 Å². The Balaban J connectivity index is 1.64.